The molecule has 1 heterocycles. The van der Waals surface area contributed by atoms with Gasteiger partial charge in [-0.05, 0) is 35.0 Å². The van der Waals surface area contributed by atoms with Gasteiger partial charge in [0.25, 0.3) is 5.91 Å². The molecule has 0 aliphatic heterocycles. The fraction of sp³-hybridized carbons (Fsp3) is 0.105. The topological polar surface area (TPSA) is 77.5 Å². The number of nitrogens with zero attached hydrogens (tertiary/aromatic N) is 1. The number of benzene rings is 2. The van der Waals surface area contributed by atoms with E-state index in [1.54, 1.807) is 24.3 Å². The van der Waals surface area contributed by atoms with E-state index in [0.717, 1.165) is 10.8 Å². The molecule has 3 aromatic rings. The zero-order valence-electron chi connectivity index (χ0n) is 13.9. The maximum Gasteiger partial charge on any atom is 0.342 e. The number of nitrogens with one attached hydrogen (secondary N) is 1. The molecule has 0 saturated heterocycles. The summed E-state index contributed by atoms with van der Waals surface area (Å²) in [6.45, 7) is -0.445. The number of anilines is 1. The predicted molar refractivity (Wildman–Crippen MR) is 98.7 cm³/mol. The second kappa shape index (κ2) is 7.84. The summed E-state index contributed by atoms with van der Waals surface area (Å²) in [5.74, 6) is -0.452. The molecule has 2 aromatic carbocycles. The van der Waals surface area contributed by atoms with Gasteiger partial charge in [-0.1, -0.05) is 35.9 Å². The lowest BCUT2D eigenvalue weighted by Crippen LogP contribution is -2.21. The fourth-order valence-corrected chi connectivity index (χ4v) is 2.50. The van der Waals surface area contributed by atoms with Gasteiger partial charge in [-0.15, -0.1) is 0 Å². The highest BCUT2D eigenvalue weighted by molar-refractivity contribution is 6.30. The van der Waals surface area contributed by atoms with Gasteiger partial charge in [0, 0.05) is 6.20 Å². The summed E-state index contributed by atoms with van der Waals surface area (Å²) < 4.78 is 10.4. The van der Waals surface area contributed by atoms with Gasteiger partial charge in [-0.25, -0.2) is 9.78 Å². The van der Waals surface area contributed by atoms with E-state index in [-0.39, 0.29) is 5.56 Å². The number of aromatic nitrogens is 1. The summed E-state index contributed by atoms with van der Waals surface area (Å²) in [5, 5.41) is 4.78. The van der Waals surface area contributed by atoms with Crippen LogP contribution in [0.25, 0.3) is 10.8 Å². The number of pyridine rings is 1. The molecular weight excluding hydrogens is 356 g/mol. The van der Waals surface area contributed by atoms with Crippen LogP contribution in [-0.4, -0.2) is 30.6 Å². The number of amides is 1. The highest BCUT2D eigenvalue weighted by Gasteiger charge is 2.16. The number of carbonyl (C=O) groups excluding carboxylic acids is 2. The molecule has 1 N–H and O–H groups in total. The number of fused-ring (bicyclic) bond motifs is 1. The van der Waals surface area contributed by atoms with Crippen LogP contribution in [0.15, 0.2) is 54.7 Å². The van der Waals surface area contributed by atoms with Crippen molar-refractivity contribution in [2.24, 2.45) is 0 Å². The van der Waals surface area contributed by atoms with Gasteiger partial charge in [0.2, 0.25) is 0 Å². The number of halogens is 1. The van der Waals surface area contributed by atoms with Crippen LogP contribution < -0.4 is 10.1 Å². The number of esters is 1. The van der Waals surface area contributed by atoms with Gasteiger partial charge >= 0.3 is 5.97 Å². The van der Waals surface area contributed by atoms with Crippen molar-refractivity contribution in [3.63, 3.8) is 0 Å². The molecule has 0 bridgehead atoms. The van der Waals surface area contributed by atoms with Gasteiger partial charge in [0.1, 0.15) is 17.1 Å². The van der Waals surface area contributed by atoms with Crippen molar-refractivity contribution >= 4 is 40.1 Å². The molecule has 0 saturated carbocycles. The molecule has 0 spiro atoms. The van der Waals surface area contributed by atoms with Gasteiger partial charge in [0.05, 0.1) is 12.1 Å². The molecule has 0 unspecified atom stereocenters. The van der Waals surface area contributed by atoms with Crippen molar-refractivity contribution in [2.45, 2.75) is 0 Å². The first-order chi connectivity index (χ1) is 12.6. The quantitative estimate of drug-likeness (QED) is 0.693. The van der Waals surface area contributed by atoms with Gasteiger partial charge < -0.3 is 14.8 Å². The summed E-state index contributed by atoms with van der Waals surface area (Å²) >= 11 is 5.73. The first-order valence-corrected chi connectivity index (χ1v) is 8.10. The normalized spacial score (nSPS) is 10.4. The fourth-order valence-electron chi connectivity index (χ4n) is 2.39. The van der Waals surface area contributed by atoms with Crippen LogP contribution >= 0.6 is 11.6 Å². The molecule has 0 fully saturated rings. The van der Waals surface area contributed by atoms with Crippen molar-refractivity contribution in [1.29, 1.82) is 0 Å². The van der Waals surface area contributed by atoms with E-state index < -0.39 is 18.5 Å². The Morgan fingerprint density at radius 2 is 1.85 bits per heavy atom. The lowest BCUT2D eigenvalue weighted by Gasteiger charge is -2.10. The summed E-state index contributed by atoms with van der Waals surface area (Å²) in [7, 11) is 1.47. The van der Waals surface area contributed by atoms with Crippen molar-refractivity contribution in [3.05, 3.63) is 65.3 Å². The van der Waals surface area contributed by atoms with E-state index in [1.807, 2.05) is 24.3 Å². The van der Waals surface area contributed by atoms with Crippen molar-refractivity contribution in [1.82, 2.24) is 4.98 Å². The molecule has 0 atom stereocenters. The third-order valence-corrected chi connectivity index (χ3v) is 3.84. The van der Waals surface area contributed by atoms with Crippen LogP contribution in [0.3, 0.4) is 0 Å². The van der Waals surface area contributed by atoms with Crippen LogP contribution in [0.4, 0.5) is 5.82 Å². The minimum atomic E-state index is -0.646. The molecule has 1 amide bonds. The molecule has 0 aliphatic carbocycles. The van der Waals surface area contributed by atoms with Crippen LogP contribution in [0.1, 0.15) is 10.4 Å². The number of rotatable bonds is 5. The summed E-state index contributed by atoms with van der Waals surface area (Å²) in [6.07, 6.45) is 1.41. The smallest absolute Gasteiger partial charge is 0.342 e. The van der Waals surface area contributed by atoms with Crippen LogP contribution in [0.2, 0.25) is 5.02 Å². The monoisotopic (exact) mass is 370 g/mol. The Balaban J connectivity index is 1.68. The van der Waals surface area contributed by atoms with E-state index in [2.05, 4.69) is 10.3 Å². The predicted octanol–water partition coefficient (Wildman–Crippen LogP) is 3.69. The Morgan fingerprint density at radius 3 is 2.50 bits per heavy atom. The second-order valence-electron chi connectivity index (χ2n) is 5.39. The van der Waals surface area contributed by atoms with Crippen molar-refractivity contribution in [2.75, 3.05) is 19.0 Å². The number of hydrogen-bond acceptors (Lipinski definition) is 5. The molecule has 6 nitrogen and oxygen atoms in total. The minimum Gasteiger partial charge on any atom is -0.496 e. The molecule has 132 valence electrons. The number of ether oxygens (including phenoxy) is 2. The van der Waals surface area contributed by atoms with Gasteiger partial charge in [-0.3, -0.25) is 4.79 Å². The zero-order valence-corrected chi connectivity index (χ0v) is 14.6. The summed E-state index contributed by atoms with van der Waals surface area (Å²) in [4.78, 5) is 28.2. The molecule has 0 radical (unpaired) electrons. The maximum atomic E-state index is 12.4. The third kappa shape index (κ3) is 4.10. The lowest BCUT2D eigenvalue weighted by molar-refractivity contribution is -0.119. The number of carbonyl (C=O) groups is 2. The molecule has 3 rings (SSSR count). The van der Waals surface area contributed by atoms with Crippen molar-refractivity contribution in [3.8, 4) is 5.75 Å². The van der Waals surface area contributed by atoms with E-state index in [0.29, 0.717) is 16.6 Å². The molecular formula is C19H15ClN2O4. The lowest BCUT2D eigenvalue weighted by atomic mass is 10.1. The SMILES string of the molecule is COc1cc2ccccc2cc1C(=O)OCC(=O)Nc1ccc(Cl)cn1. The largest absolute Gasteiger partial charge is 0.496 e. The van der Waals surface area contributed by atoms with E-state index in [9.17, 15) is 9.59 Å². The Labute approximate surface area is 154 Å². The molecule has 26 heavy (non-hydrogen) atoms. The Hall–Kier alpha value is -3.12. The average Bonchev–Trinajstić information content (AvgIpc) is 2.66. The summed E-state index contributed by atoms with van der Waals surface area (Å²) in [5.41, 5.74) is 0.253. The Bertz CT molecular complexity index is 957. The van der Waals surface area contributed by atoms with Crippen LogP contribution in [0, 0.1) is 0 Å². The van der Waals surface area contributed by atoms with E-state index >= 15 is 0 Å². The molecule has 1 aromatic heterocycles. The number of hydrogen-bond donors (Lipinski definition) is 1. The second-order valence-corrected chi connectivity index (χ2v) is 5.82. The highest BCUT2D eigenvalue weighted by atomic mass is 35.5. The number of methoxy groups -OCH3 is 1. The van der Waals surface area contributed by atoms with Gasteiger partial charge in [0.15, 0.2) is 6.61 Å². The first-order valence-electron chi connectivity index (χ1n) is 7.72. The van der Waals surface area contributed by atoms with E-state index in [4.69, 9.17) is 21.1 Å². The summed E-state index contributed by atoms with van der Waals surface area (Å²) in [6, 6.07) is 14.1. The highest BCUT2D eigenvalue weighted by Crippen LogP contribution is 2.26. The van der Waals surface area contributed by atoms with Crippen LogP contribution in [-0.2, 0) is 9.53 Å². The maximum absolute atomic E-state index is 12.4. The molecule has 7 heteroatoms. The first kappa shape index (κ1) is 17.7. The Morgan fingerprint density at radius 1 is 1.12 bits per heavy atom. The molecule has 0 aliphatic rings. The Kier molecular flexibility index (Phi) is 5.34. The van der Waals surface area contributed by atoms with E-state index in [1.165, 1.54) is 13.3 Å². The van der Waals surface area contributed by atoms with Gasteiger partial charge in [-0.2, -0.15) is 0 Å². The zero-order chi connectivity index (χ0) is 18.5. The standard InChI is InChI=1S/C19H15ClN2O4/c1-25-16-9-13-5-3-2-4-12(13)8-15(16)19(24)26-11-18(23)22-17-7-6-14(20)10-21-17/h2-10H,11H2,1H3,(H,21,22,23). The minimum absolute atomic E-state index is 0.253. The van der Waals surface area contributed by atoms with Crippen molar-refractivity contribution < 1.29 is 19.1 Å². The average molecular weight is 371 g/mol. The third-order valence-electron chi connectivity index (χ3n) is 3.62. The van der Waals surface area contributed by atoms with Crippen LogP contribution in [0.5, 0.6) is 5.75 Å².